The van der Waals surface area contributed by atoms with Crippen LogP contribution in [0.2, 0.25) is 0 Å². The molecule has 1 aliphatic rings. The van der Waals surface area contributed by atoms with Crippen LogP contribution in [0.25, 0.3) is 11.0 Å². The molecule has 24 N–H and O–H groups in total. The summed E-state index contributed by atoms with van der Waals surface area (Å²) in [5.74, 6) is -12.6. The quantitative estimate of drug-likeness (QED) is 0.00646. The molecule has 2 aromatic carbocycles. The molecule has 1 aromatic heterocycles. The highest BCUT2D eigenvalue weighted by molar-refractivity contribution is 5.99. The van der Waals surface area contributed by atoms with E-state index < -0.39 is 190 Å². The number of aliphatic carboxylic acids is 1. The number of nitrogens with one attached hydrogen (secondary N) is 11. The minimum atomic E-state index is -1.86. The highest BCUT2D eigenvalue weighted by Gasteiger charge is 2.40. The summed E-state index contributed by atoms with van der Waals surface area (Å²) in [4.78, 5) is 220. The number of hydrogen-bond acceptors (Lipinski definition) is 23. The molecule has 4 rings (SSSR count). The second kappa shape index (κ2) is 43.8. The molecule has 9 atom stereocenters. The Morgan fingerprint density at radius 2 is 1.18 bits per heavy atom. The normalized spacial score (nSPS) is 14.6. The number of fused-ring (bicyclic) bond motifs is 1. The number of primary amides is 2. The van der Waals surface area contributed by atoms with Gasteiger partial charge in [0.05, 0.1) is 36.0 Å². The zero-order valence-electron chi connectivity index (χ0n) is 61.1. The van der Waals surface area contributed by atoms with Crippen molar-refractivity contribution in [3.63, 3.8) is 0 Å². The number of hydrogen-bond donors (Lipinski definition) is 18. The molecule has 0 saturated carbocycles. The van der Waals surface area contributed by atoms with Crippen LogP contribution in [-0.2, 0) is 64.0 Å². The fourth-order valence-electron chi connectivity index (χ4n) is 11.3. The zero-order chi connectivity index (χ0) is 81.4. The fourth-order valence-corrected chi connectivity index (χ4v) is 11.3. The molecule has 43 nitrogen and oxygen atoms in total. The van der Waals surface area contributed by atoms with E-state index in [1.807, 2.05) is 0 Å². The summed E-state index contributed by atoms with van der Waals surface area (Å²) < 4.78 is 10.5. The van der Waals surface area contributed by atoms with Crippen molar-refractivity contribution in [3.8, 4) is 5.75 Å². The molecule has 598 valence electrons. The van der Waals surface area contributed by atoms with Crippen molar-refractivity contribution in [1.29, 1.82) is 0 Å². The average molecular weight is 1540 g/mol. The number of carboxylic acid groups (broad SMARTS) is 1. The van der Waals surface area contributed by atoms with Crippen LogP contribution in [0.1, 0.15) is 117 Å². The summed E-state index contributed by atoms with van der Waals surface area (Å²) in [5, 5.41) is 61.2. The van der Waals surface area contributed by atoms with E-state index >= 15 is 0 Å². The smallest absolute Gasteiger partial charge is 0.336 e. The van der Waals surface area contributed by atoms with Crippen molar-refractivity contribution < 1.29 is 86.4 Å². The van der Waals surface area contributed by atoms with Gasteiger partial charge in [-0.3, -0.25) is 87.7 Å². The van der Waals surface area contributed by atoms with Gasteiger partial charge in [-0.15, -0.1) is 0 Å². The number of ether oxygens (including phenoxy) is 1. The number of nitrogens with two attached hydrogens (primary N) is 6. The molecule has 0 radical (unpaired) electrons. The number of methoxy groups -OCH3 is 1. The summed E-state index contributed by atoms with van der Waals surface area (Å²) >= 11 is 0. The number of aliphatic imine (C=N–C) groups is 2. The predicted octanol–water partition coefficient (Wildman–Crippen LogP) is -3.72. The Balaban J connectivity index is 1.56. The van der Waals surface area contributed by atoms with Gasteiger partial charge in [-0.25, -0.2) is 9.59 Å². The Bertz CT molecular complexity index is 3920. The van der Waals surface area contributed by atoms with E-state index in [0.717, 1.165) is 25.1 Å². The van der Waals surface area contributed by atoms with Crippen LogP contribution in [0.15, 0.2) is 61.7 Å². The van der Waals surface area contributed by atoms with Gasteiger partial charge in [0.15, 0.2) is 11.9 Å². The number of nitrogens with zero attached hydrogens (tertiary/aromatic N) is 5. The number of rotatable bonds is 46. The highest BCUT2D eigenvalue weighted by Crippen LogP contribution is 2.30. The van der Waals surface area contributed by atoms with Gasteiger partial charge in [-0.2, -0.15) is 0 Å². The van der Waals surface area contributed by atoms with Crippen molar-refractivity contribution in [2.45, 2.75) is 172 Å². The number of nitro groups is 2. The van der Waals surface area contributed by atoms with Crippen molar-refractivity contribution in [3.05, 3.63) is 78.7 Å². The molecule has 1 saturated heterocycles. The Kier molecular flexibility index (Phi) is 35.7. The molecule has 0 spiro atoms. The second-order valence-corrected chi connectivity index (χ2v) is 26.3. The third-order valence-electron chi connectivity index (χ3n) is 16.7. The minimum Gasteiger partial charge on any atom is -0.497 e. The maximum atomic E-state index is 14.5. The van der Waals surface area contributed by atoms with Gasteiger partial charge in [-0.05, 0) is 113 Å². The number of nitro benzene ring substituents is 2. The van der Waals surface area contributed by atoms with Gasteiger partial charge in [0.25, 0.3) is 11.4 Å². The molecule has 1 fully saturated rings. The molecule has 0 bridgehead atoms. The number of guanidine groups is 2. The molecule has 1 unspecified atom stereocenters. The third kappa shape index (κ3) is 30.5. The monoisotopic (exact) mass is 1530 g/mol. The Hall–Kier alpha value is -12.5. The maximum absolute atomic E-state index is 14.5. The van der Waals surface area contributed by atoms with Gasteiger partial charge >= 0.3 is 17.6 Å². The van der Waals surface area contributed by atoms with Gasteiger partial charge in [0, 0.05) is 62.7 Å². The lowest BCUT2D eigenvalue weighted by Gasteiger charge is -2.30. The number of non-ortho nitro benzene ring substituents is 1. The van der Waals surface area contributed by atoms with Crippen LogP contribution in [-0.4, -0.2) is 210 Å². The first-order chi connectivity index (χ1) is 51.4. The van der Waals surface area contributed by atoms with E-state index in [0.29, 0.717) is 23.6 Å². The van der Waals surface area contributed by atoms with E-state index in [9.17, 15) is 92.5 Å². The number of anilines is 1. The summed E-state index contributed by atoms with van der Waals surface area (Å²) in [6.07, 6.45) is -1.44. The van der Waals surface area contributed by atoms with Crippen molar-refractivity contribution in [1.82, 2.24) is 58.1 Å². The minimum absolute atomic E-state index is 0.00399. The molecule has 13 amide bonds. The van der Waals surface area contributed by atoms with Gasteiger partial charge < -0.3 is 112 Å². The van der Waals surface area contributed by atoms with Gasteiger partial charge in [0.2, 0.25) is 65.0 Å². The number of amides is 13. The average Bonchev–Trinajstić information content (AvgIpc) is 1.80. The highest BCUT2D eigenvalue weighted by atomic mass is 16.6. The van der Waals surface area contributed by atoms with Crippen molar-refractivity contribution in [2.75, 3.05) is 51.7 Å². The summed E-state index contributed by atoms with van der Waals surface area (Å²) in [7, 11) is 1.42. The van der Waals surface area contributed by atoms with Crippen LogP contribution in [0.4, 0.5) is 21.9 Å². The predicted molar refractivity (Wildman–Crippen MR) is 391 cm³/mol. The maximum Gasteiger partial charge on any atom is 0.336 e. The van der Waals surface area contributed by atoms with Crippen LogP contribution >= 0.6 is 0 Å². The molecule has 0 aliphatic carbocycles. The van der Waals surface area contributed by atoms with E-state index in [1.54, 1.807) is 39.8 Å². The van der Waals surface area contributed by atoms with Crippen molar-refractivity contribution in [2.24, 2.45) is 56.2 Å². The van der Waals surface area contributed by atoms with Crippen LogP contribution in [0.5, 0.6) is 5.75 Å². The summed E-state index contributed by atoms with van der Waals surface area (Å²) in [6.45, 7) is 6.38. The van der Waals surface area contributed by atoms with Gasteiger partial charge in [0.1, 0.15) is 71.4 Å². The van der Waals surface area contributed by atoms with E-state index in [4.69, 9.17) is 43.6 Å². The first kappa shape index (κ1) is 88.9. The molecule has 109 heavy (non-hydrogen) atoms. The number of carbonyl (C=O) groups excluding carboxylic acids is 12. The molecular weight excluding hydrogens is 1440 g/mol. The zero-order valence-corrected chi connectivity index (χ0v) is 61.1. The topological polar surface area (TPSA) is 684 Å². The first-order valence-electron chi connectivity index (χ1n) is 34.8. The van der Waals surface area contributed by atoms with Crippen LogP contribution in [0, 0.1) is 32.1 Å². The van der Waals surface area contributed by atoms with Crippen molar-refractivity contribution >= 4 is 117 Å². The molecule has 3 aromatic rings. The standard InChI is InChI=1S/C66H98N22O21/c1-33(2)25-45(84-62(101)48-14-10-24-86(48)63(102)44(13-9-23-75-66(72)103)79-51(89)27-36-28-54(93)109-50-30-38(108-6)16-17-39(36)50)57(96)77-32-52(90)80-46(26-34(3)4)60(99)85-47(31-76-40-18-15-37(87(104)105)29-49(40)88(106)107)61(100)78-35(5)56(95)82-42(12-8-22-74-65(70)71)58(97)83-43(19-20-53(91)92)59(98)81-41(55(67)94)11-7-21-73-64(68)69/h15-18,28-30,33-35,41-48,76H,7-14,19-27,31-32H2,1-6H3,(H2,67,94)(H,77,96)(H,78,100)(H,79,89)(H,80,90)(H,81,98)(H,82,95)(H,83,97)(H,84,101)(H,85,99)(H,91,92)(H4,68,69,73)(H4,70,71,74)(H3,72,75,103)/t35-,41+,42+,43-,44-,45-,46-,47?,48+/m0/s1. The fraction of sp³-hybridized carbons (Fsp3) is 0.545. The number of benzene rings is 2. The molecular formula is C66H98N22O21. The van der Waals surface area contributed by atoms with Crippen LogP contribution in [0.3, 0.4) is 0 Å². The van der Waals surface area contributed by atoms with E-state index in [1.165, 1.54) is 18.1 Å². The summed E-state index contributed by atoms with van der Waals surface area (Å²) in [5.41, 5.74) is 30.2. The summed E-state index contributed by atoms with van der Waals surface area (Å²) in [6, 6.07) is -5.95. The Morgan fingerprint density at radius 1 is 0.624 bits per heavy atom. The number of carboxylic acids is 1. The van der Waals surface area contributed by atoms with E-state index in [-0.39, 0.29) is 125 Å². The lowest BCUT2D eigenvalue weighted by Crippen LogP contribution is -2.60. The SMILES string of the molecule is COc1ccc2c(CC(=O)N[C@@H](CCCNC(N)=O)C(=O)N3CCC[C@@H]3C(=O)N[C@@H](CC(C)C)C(=O)NCC(=O)N[C@@H](CC(C)C)C(=O)NC(CNc3ccc([N+](=O)[O-])cc3[N+](=O)[O-])C(=O)N[C@@H](C)C(=O)N[C@H](CCCN=C(N)N)C(=O)N[C@@H](CCC(=O)O)C(=O)N[C@H](CCCN=C(N)N)C(N)=O)cc(=O)oc2c1. The Labute approximate surface area is 624 Å². The Morgan fingerprint density at radius 3 is 1.76 bits per heavy atom. The molecule has 2 heterocycles. The molecule has 43 heteroatoms. The number of carbonyl (C=O) groups is 13. The number of likely N-dealkylation sites (tertiary alicyclic amines) is 1. The lowest BCUT2D eigenvalue weighted by molar-refractivity contribution is -0.393. The largest absolute Gasteiger partial charge is 0.497 e. The number of urea groups is 1. The second-order valence-electron chi connectivity index (χ2n) is 26.3. The lowest BCUT2D eigenvalue weighted by atomic mass is 10.0. The molecule has 1 aliphatic heterocycles. The first-order valence-corrected chi connectivity index (χ1v) is 34.8. The van der Waals surface area contributed by atoms with E-state index in [2.05, 4.69) is 68.5 Å². The third-order valence-corrected chi connectivity index (χ3v) is 16.7. The van der Waals surface area contributed by atoms with Gasteiger partial charge in [-0.1, -0.05) is 27.7 Å². The van der Waals surface area contributed by atoms with Crippen LogP contribution < -0.4 is 103 Å².